The highest BCUT2D eigenvalue weighted by molar-refractivity contribution is 7.89. The van der Waals surface area contributed by atoms with Gasteiger partial charge in [-0.3, -0.25) is 0 Å². The predicted molar refractivity (Wildman–Crippen MR) is 71.5 cm³/mol. The van der Waals surface area contributed by atoms with E-state index < -0.39 is 10.0 Å². The Hall–Kier alpha value is -0.130. The molecule has 1 atom stereocenters. The second-order valence-corrected chi connectivity index (χ2v) is 7.16. The molecule has 0 spiro atoms. The van der Waals surface area contributed by atoms with Gasteiger partial charge in [-0.25, -0.2) is 12.7 Å². The van der Waals surface area contributed by atoms with Gasteiger partial charge >= 0.3 is 0 Å². The van der Waals surface area contributed by atoms with Gasteiger partial charge in [0, 0.05) is 13.1 Å². The van der Waals surface area contributed by atoms with Gasteiger partial charge in [-0.1, -0.05) is 6.92 Å². The normalized spacial score (nSPS) is 18.6. The number of hydrogen-bond acceptors (Lipinski definition) is 3. The highest BCUT2D eigenvalue weighted by Gasteiger charge is 2.34. The van der Waals surface area contributed by atoms with Crippen molar-refractivity contribution in [3.8, 4) is 0 Å². The minimum absolute atomic E-state index is 0.170. The van der Waals surface area contributed by atoms with Crippen LogP contribution in [0.4, 0.5) is 0 Å². The molecule has 0 aliphatic heterocycles. The molecule has 0 saturated heterocycles. The predicted octanol–water partition coefficient (Wildman–Crippen LogP) is 1.44. The van der Waals surface area contributed by atoms with Gasteiger partial charge in [0.1, 0.15) is 0 Å². The minimum Gasteiger partial charge on any atom is -0.317 e. The molecule has 1 aliphatic carbocycles. The molecule has 1 unspecified atom stereocenters. The van der Waals surface area contributed by atoms with Gasteiger partial charge in [0.25, 0.3) is 0 Å². The fraction of sp³-hybridized carbons (Fsp3) is 1.00. The first-order chi connectivity index (χ1) is 7.99. The minimum atomic E-state index is -3.06. The van der Waals surface area contributed by atoms with Crippen LogP contribution < -0.4 is 5.32 Å². The van der Waals surface area contributed by atoms with E-state index in [1.54, 1.807) is 11.4 Å². The van der Waals surface area contributed by atoms with E-state index in [0.717, 1.165) is 19.5 Å². The molecule has 5 heteroatoms. The number of rotatable bonds is 9. The van der Waals surface area contributed by atoms with Crippen molar-refractivity contribution in [3.05, 3.63) is 0 Å². The van der Waals surface area contributed by atoms with Crippen molar-refractivity contribution < 1.29 is 8.42 Å². The Labute approximate surface area is 106 Å². The van der Waals surface area contributed by atoms with Crippen LogP contribution in [0.2, 0.25) is 0 Å². The van der Waals surface area contributed by atoms with Crippen molar-refractivity contribution in [1.82, 2.24) is 9.62 Å². The zero-order valence-corrected chi connectivity index (χ0v) is 12.1. The monoisotopic (exact) mass is 262 g/mol. The number of nitrogens with zero attached hydrogens (tertiary/aromatic N) is 1. The van der Waals surface area contributed by atoms with E-state index in [9.17, 15) is 8.42 Å². The van der Waals surface area contributed by atoms with Crippen molar-refractivity contribution >= 4 is 10.0 Å². The maximum absolute atomic E-state index is 12.0. The Morgan fingerprint density at radius 2 is 2.00 bits per heavy atom. The lowest BCUT2D eigenvalue weighted by Gasteiger charge is -2.24. The second-order valence-electron chi connectivity index (χ2n) is 5.01. The van der Waals surface area contributed by atoms with E-state index in [2.05, 4.69) is 12.2 Å². The molecular weight excluding hydrogens is 236 g/mol. The molecule has 1 fully saturated rings. The first-order valence-electron chi connectivity index (χ1n) is 6.65. The largest absolute Gasteiger partial charge is 0.317 e. The van der Waals surface area contributed by atoms with Crippen molar-refractivity contribution in [3.63, 3.8) is 0 Å². The lowest BCUT2D eigenvalue weighted by atomic mass is 10.2. The van der Waals surface area contributed by atoms with Crippen molar-refractivity contribution in [2.45, 2.75) is 45.6 Å². The fourth-order valence-electron chi connectivity index (χ4n) is 1.95. The summed E-state index contributed by atoms with van der Waals surface area (Å²) in [5.74, 6) is 0.852. The summed E-state index contributed by atoms with van der Waals surface area (Å²) in [5.41, 5.74) is 0. The molecule has 1 saturated carbocycles. The van der Waals surface area contributed by atoms with Crippen LogP contribution in [0.25, 0.3) is 0 Å². The molecule has 0 aromatic heterocycles. The molecule has 4 nitrogen and oxygen atoms in total. The van der Waals surface area contributed by atoms with Gasteiger partial charge in [-0.2, -0.15) is 0 Å². The van der Waals surface area contributed by atoms with Crippen molar-refractivity contribution in [2.75, 3.05) is 25.9 Å². The third-order valence-corrected chi connectivity index (χ3v) is 5.51. The van der Waals surface area contributed by atoms with Crippen molar-refractivity contribution in [1.29, 1.82) is 0 Å². The van der Waals surface area contributed by atoms with Crippen LogP contribution in [0, 0.1) is 5.92 Å². The highest BCUT2D eigenvalue weighted by Crippen LogP contribution is 2.35. The molecule has 0 bridgehead atoms. The summed E-state index contributed by atoms with van der Waals surface area (Å²) in [5, 5.41) is 3.23. The summed E-state index contributed by atoms with van der Waals surface area (Å²) >= 11 is 0. The van der Waals surface area contributed by atoms with Gasteiger partial charge in [-0.15, -0.1) is 0 Å². The average molecular weight is 262 g/mol. The van der Waals surface area contributed by atoms with Gasteiger partial charge in [0.15, 0.2) is 0 Å². The van der Waals surface area contributed by atoms with Crippen LogP contribution in [0.5, 0.6) is 0 Å². The Bertz CT molecular complexity index is 312. The van der Waals surface area contributed by atoms with Crippen molar-refractivity contribution in [2.24, 2.45) is 5.92 Å². The Kier molecular flexibility index (Phi) is 5.89. The zero-order valence-electron chi connectivity index (χ0n) is 11.3. The summed E-state index contributed by atoms with van der Waals surface area (Å²) in [6, 6.07) is 0.170. The molecule has 0 aromatic carbocycles. The smallest absolute Gasteiger partial charge is 0.214 e. The molecule has 0 heterocycles. The summed E-state index contributed by atoms with van der Waals surface area (Å²) in [4.78, 5) is 0. The number of sulfonamides is 1. The van der Waals surface area contributed by atoms with Gasteiger partial charge in [0.2, 0.25) is 10.0 Å². The van der Waals surface area contributed by atoms with Gasteiger partial charge in [-0.05, 0) is 51.6 Å². The average Bonchev–Trinajstić information content (AvgIpc) is 3.10. The summed E-state index contributed by atoms with van der Waals surface area (Å²) < 4.78 is 25.6. The van der Waals surface area contributed by atoms with Gasteiger partial charge < -0.3 is 5.32 Å². The summed E-state index contributed by atoms with van der Waals surface area (Å²) in [6.45, 7) is 5.88. The third-order valence-electron chi connectivity index (χ3n) is 3.50. The molecular formula is C12H26N2O2S. The highest BCUT2D eigenvalue weighted by atomic mass is 32.2. The lowest BCUT2D eigenvalue weighted by molar-refractivity contribution is 0.356. The van der Waals surface area contributed by atoms with E-state index in [0.29, 0.717) is 12.3 Å². The van der Waals surface area contributed by atoms with Crippen LogP contribution in [0.1, 0.15) is 39.5 Å². The maximum Gasteiger partial charge on any atom is 0.214 e. The van der Waals surface area contributed by atoms with Gasteiger partial charge in [0.05, 0.1) is 5.75 Å². The maximum atomic E-state index is 12.0. The SMILES string of the molecule is CCCNCCCS(=O)(=O)N(C)C(C)C1CC1. The topological polar surface area (TPSA) is 49.4 Å². The quantitative estimate of drug-likeness (QED) is 0.640. The molecule has 17 heavy (non-hydrogen) atoms. The number of nitrogens with one attached hydrogen (secondary N) is 1. The molecule has 1 aliphatic rings. The molecule has 0 amide bonds. The summed E-state index contributed by atoms with van der Waals surface area (Å²) in [6.07, 6.45) is 4.15. The molecule has 0 aromatic rings. The lowest BCUT2D eigenvalue weighted by Crippen LogP contribution is -2.38. The molecule has 1 N–H and O–H groups in total. The molecule has 1 rings (SSSR count). The van der Waals surface area contributed by atoms with E-state index >= 15 is 0 Å². The molecule has 0 radical (unpaired) electrons. The Balaban J connectivity index is 2.28. The van der Waals surface area contributed by atoms with E-state index in [1.165, 1.54) is 12.8 Å². The Morgan fingerprint density at radius 3 is 2.53 bits per heavy atom. The first kappa shape index (κ1) is 14.9. The van der Waals surface area contributed by atoms with Crippen LogP contribution >= 0.6 is 0 Å². The Morgan fingerprint density at radius 1 is 1.35 bits per heavy atom. The van der Waals surface area contributed by atoms with Crippen LogP contribution in [0.15, 0.2) is 0 Å². The number of hydrogen-bond donors (Lipinski definition) is 1. The van der Waals surface area contributed by atoms with E-state index in [-0.39, 0.29) is 11.8 Å². The van der Waals surface area contributed by atoms with Crippen LogP contribution in [-0.2, 0) is 10.0 Å². The molecule has 102 valence electrons. The third kappa shape index (κ3) is 4.94. The second kappa shape index (κ2) is 6.71. The zero-order chi connectivity index (χ0) is 12.9. The van der Waals surface area contributed by atoms with Crippen LogP contribution in [0.3, 0.4) is 0 Å². The first-order valence-corrected chi connectivity index (χ1v) is 8.26. The fourth-order valence-corrected chi connectivity index (χ4v) is 3.43. The standard InChI is InChI=1S/C12H26N2O2S/c1-4-8-13-9-5-10-17(15,16)14(3)11(2)12-6-7-12/h11-13H,4-10H2,1-3H3. The van der Waals surface area contributed by atoms with Crippen LogP contribution in [-0.4, -0.2) is 44.7 Å². The van der Waals surface area contributed by atoms with E-state index in [1.807, 2.05) is 6.92 Å². The summed E-state index contributed by atoms with van der Waals surface area (Å²) in [7, 11) is -1.34. The van der Waals surface area contributed by atoms with E-state index in [4.69, 9.17) is 0 Å².